The molecule has 0 bridgehead atoms. The minimum absolute atomic E-state index is 0.0327. The highest BCUT2D eigenvalue weighted by molar-refractivity contribution is 6.05. The Hall–Kier alpha value is -3.81. The van der Waals surface area contributed by atoms with Gasteiger partial charge < -0.3 is 24.1 Å². The van der Waals surface area contributed by atoms with E-state index >= 15 is 0 Å². The summed E-state index contributed by atoms with van der Waals surface area (Å²) in [6.07, 6.45) is 2.76. The molecule has 1 heterocycles. The summed E-state index contributed by atoms with van der Waals surface area (Å²) < 4.78 is 17.1. The summed E-state index contributed by atoms with van der Waals surface area (Å²) in [6, 6.07) is 6.61. The molecule has 0 unspecified atom stereocenters. The lowest BCUT2D eigenvalue weighted by molar-refractivity contribution is -0.468. The Morgan fingerprint density at radius 2 is 1.55 bits per heavy atom. The number of allylic oxidation sites excluding steroid dienone is 1. The van der Waals surface area contributed by atoms with E-state index in [0.29, 0.717) is 32.0 Å². The van der Waals surface area contributed by atoms with Gasteiger partial charge in [0.05, 0.1) is 31.5 Å². The van der Waals surface area contributed by atoms with Crippen molar-refractivity contribution in [3.63, 3.8) is 0 Å². The van der Waals surface area contributed by atoms with Crippen LogP contribution < -0.4 is 18.6 Å². The van der Waals surface area contributed by atoms with Gasteiger partial charge in [-0.1, -0.05) is 6.08 Å². The van der Waals surface area contributed by atoms with Crippen LogP contribution in [0.25, 0.3) is 17.1 Å². The first kappa shape index (κ1) is 21.9. The largest absolute Gasteiger partial charge is 0.805 e. The van der Waals surface area contributed by atoms with Crippen LogP contribution in [-0.2, 0) is 0 Å². The highest BCUT2D eigenvalue weighted by atomic mass is 16.5. The fourth-order valence-electron chi connectivity index (χ4n) is 3.38. The lowest BCUT2D eigenvalue weighted by Gasteiger charge is -2.16. The lowest BCUT2D eigenvalue weighted by Crippen LogP contribution is -2.30. The normalized spacial score (nSPS) is 11.2. The standard InChI is InChI=1S/C23H24N2O6/c1-13-9-17-18(10-14(13)2)25(28)22(15(3)24(17)27)19(26)8-7-16-11-20(29-4)23(31-6)21(12-16)30-5/h7-12H,1-6H3. The molecule has 0 spiro atoms. The van der Waals surface area contributed by atoms with Gasteiger partial charge in [-0.15, -0.1) is 0 Å². The predicted molar refractivity (Wildman–Crippen MR) is 118 cm³/mol. The minimum Gasteiger partial charge on any atom is -0.805 e. The molecule has 0 saturated carbocycles. The van der Waals surface area contributed by atoms with Crippen LogP contribution in [0.1, 0.15) is 32.9 Å². The van der Waals surface area contributed by atoms with Crippen LogP contribution >= 0.6 is 0 Å². The first-order chi connectivity index (χ1) is 14.7. The molecule has 0 aliphatic carbocycles. The number of hydrogen-bond donors (Lipinski definition) is 0. The molecule has 0 aliphatic rings. The maximum absolute atomic E-state index is 13.0. The van der Waals surface area contributed by atoms with Crippen LogP contribution in [0.4, 0.5) is 0 Å². The summed E-state index contributed by atoms with van der Waals surface area (Å²) in [5.74, 6) is 0.691. The summed E-state index contributed by atoms with van der Waals surface area (Å²) >= 11 is 0. The van der Waals surface area contributed by atoms with E-state index in [1.54, 1.807) is 24.3 Å². The second-order valence-corrected chi connectivity index (χ2v) is 7.10. The molecule has 8 nitrogen and oxygen atoms in total. The molecule has 31 heavy (non-hydrogen) atoms. The Bertz CT molecular complexity index is 1250. The third kappa shape index (κ3) is 3.84. The van der Waals surface area contributed by atoms with E-state index in [9.17, 15) is 14.9 Å². The number of ether oxygens (including phenoxy) is 3. The Labute approximate surface area is 179 Å². The predicted octanol–water partition coefficient (Wildman–Crippen LogP) is 3.75. The number of nitrogens with zero attached hydrogens (tertiary/aromatic N) is 2. The van der Waals surface area contributed by atoms with Crippen molar-refractivity contribution in [3.8, 4) is 17.2 Å². The van der Waals surface area contributed by atoms with Crippen LogP contribution in [0.3, 0.4) is 0 Å². The van der Waals surface area contributed by atoms with Crippen molar-refractivity contribution < 1.29 is 23.4 Å². The van der Waals surface area contributed by atoms with Gasteiger partial charge in [-0.3, -0.25) is 4.79 Å². The number of carbonyl (C=O) groups excluding carboxylic acids is 1. The fraction of sp³-hybridized carbons (Fsp3) is 0.261. The molecular formula is C23H24N2O6. The highest BCUT2D eigenvalue weighted by Crippen LogP contribution is 2.38. The van der Waals surface area contributed by atoms with E-state index in [2.05, 4.69) is 0 Å². The molecule has 162 valence electrons. The highest BCUT2D eigenvalue weighted by Gasteiger charge is 2.25. The van der Waals surface area contributed by atoms with E-state index < -0.39 is 5.78 Å². The van der Waals surface area contributed by atoms with Gasteiger partial charge in [0.1, 0.15) is 5.52 Å². The van der Waals surface area contributed by atoms with Gasteiger partial charge in [0.25, 0.3) is 11.3 Å². The molecule has 0 fully saturated rings. The molecule has 3 rings (SSSR count). The van der Waals surface area contributed by atoms with Gasteiger partial charge in [0.15, 0.2) is 11.5 Å². The van der Waals surface area contributed by atoms with E-state index in [-0.39, 0.29) is 22.4 Å². The lowest BCUT2D eigenvalue weighted by atomic mass is 10.1. The van der Waals surface area contributed by atoms with E-state index in [0.717, 1.165) is 11.1 Å². The van der Waals surface area contributed by atoms with Gasteiger partial charge >= 0.3 is 5.69 Å². The fourth-order valence-corrected chi connectivity index (χ4v) is 3.38. The zero-order valence-corrected chi connectivity index (χ0v) is 18.3. The summed E-state index contributed by atoms with van der Waals surface area (Å²) in [5.41, 5.74) is 2.51. The number of methoxy groups -OCH3 is 3. The van der Waals surface area contributed by atoms with Gasteiger partial charge in [-0.25, -0.2) is 0 Å². The molecule has 0 radical (unpaired) electrons. The smallest absolute Gasteiger partial charge is 0.329 e. The molecule has 8 heteroatoms. The third-order valence-corrected chi connectivity index (χ3v) is 5.23. The van der Waals surface area contributed by atoms with Crippen molar-refractivity contribution >= 4 is 22.9 Å². The summed E-state index contributed by atoms with van der Waals surface area (Å²) in [7, 11) is 4.48. The van der Waals surface area contributed by atoms with Crippen LogP contribution in [0, 0.1) is 30.9 Å². The van der Waals surface area contributed by atoms with Crippen molar-refractivity contribution in [1.29, 1.82) is 0 Å². The molecule has 3 aromatic rings. The van der Waals surface area contributed by atoms with E-state index in [4.69, 9.17) is 14.2 Å². The van der Waals surface area contributed by atoms with E-state index in [1.807, 2.05) is 13.8 Å². The Kier molecular flexibility index (Phi) is 6.01. The van der Waals surface area contributed by atoms with Crippen molar-refractivity contribution in [2.45, 2.75) is 20.8 Å². The Morgan fingerprint density at radius 1 is 0.968 bits per heavy atom. The van der Waals surface area contributed by atoms with Crippen molar-refractivity contribution in [2.24, 2.45) is 0 Å². The molecule has 0 aliphatic heterocycles. The molecule has 0 atom stereocenters. The number of benzene rings is 2. The van der Waals surface area contributed by atoms with Crippen LogP contribution in [0.5, 0.6) is 17.2 Å². The monoisotopic (exact) mass is 424 g/mol. The number of aryl methyl sites for hydroxylation is 2. The molecule has 0 amide bonds. The van der Waals surface area contributed by atoms with Crippen LogP contribution in [0.15, 0.2) is 30.3 Å². The van der Waals surface area contributed by atoms with E-state index in [1.165, 1.54) is 40.4 Å². The van der Waals surface area contributed by atoms with Gasteiger partial charge in [-0.05, 0) is 61.7 Å². The second-order valence-electron chi connectivity index (χ2n) is 7.10. The quantitative estimate of drug-likeness (QED) is 0.340. The van der Waals surface area contributed by atoms with Gasteiger partial charge in [0, 0.05) is 11.0 Å². The van der Waals surface area contributed by atoms with Gasteiger partial charge in [0.2, 0.25) is 5.75 Å². The van der Waals surface area contributed by atoms with Crippen LogP contribution in [-0.4, -0.2) is 31.8 Å². The van der Waals surface area contributed by atoms with Crippen molar-refractivity contribution in [3.05, 3.63) is 68.5 Å². The van der Waals surface area contributed by atoms with Crippen molar-refractivity contribution in [2.75, 3.05) is 21.3 Å². The number of fused-ring (bicyclic) bond motifs is 1. The average Bonchev–Trinajstić information content (AvgIpc) is 2.76. The van der Waals surface area contributed by atoms with Gasteiger partial charge in [-0.2, -0.15) is 0 Å². The average molecular weight is 424 g/mol. The third-order valence-electron chi connectivity index (χ3n) is 5.23. The summed E-state index contributed by atoms with van der Waals surface area (Å²) in [4.78, 5) is 25.8. The SMILES string of the molecule is COc1cc(C=CC(=O)c2c(C)n([O-])c3cc(C)c(C)cc3[n+]2=O)cc(OC)c1OC. The molecule has 0 saturated heterocycles. The number of aromatic nitrogens is 2. The number of ketones is 1. The zero-order chi connectivity index (χ0) is 22.9. The Balaban J connectivity index is 2.10. The van der Waals surface area contributed by atoms with Crippen molar-refractivity contribution in [1.82, 2.24) is 4.73 Å². The minimum atomic E-state index is -0.592. The first-order valence-electron chi connectivity index (χ1n) is 9.52. The molecular weight excluding hydrogens is 400 g/mol. The number of hydrogen-bond acceptors (Lipinski definition) is 6. The topological polar surface area (TPSA) is 95.7 Å². The summed E-state index contributed by atoms with van der Waals surface area (Å²) in [6.45, 7) is 5.16. The molecule has 1 aromatic heterocycles. The number of rotatable bonds is 6. The van der Waals surface area contributed by atoms with Crippen LogP contribution in [0.2, 0.25) is 0 Å². The summed E-state index contributed by atoms with van der Waals surface area (Å²) in [5, 5.41) is 12.7. The maximum atomic E-state index is 13.0. The molecule has 0 N–H and O–H groups in total. The number of carbonyl (C=O) groups is 1. The zero-order valence-electron chi connectivity index (χ0n) is 18.3. The molecule has 2 aromatic carbocycles. The Morgan fingerprint density at radius 3 is 2.10 bits per heavy atom. The first-order valence-corrected chi connectivity index (χ1v) is 9.52. The second kappa shape index (κ2) is 8.51. The maximum Gasteiger partial charge on any atom is 0.329 e.